The molecule has 3 saturated heterocycles. The van der Waals surface area contributed by atoms with Crippen molar-refractivity contribution < 1.29 is 14.3 Å². The Morgan fingerprint density at radius 2 is 2.05 bits per heavy atom. The van der Waals surface area contributed by atoms with Gasteiger partial charge in [-0.25, -0.2) is 0 Å². The molecule has 3 aliphatic heterocycles. The first-order valence-electron chi connectivity index (χ1n) is 7.40. The van der Waals surface area contributed by atoms with Gasteiger partial charge in [0.1, 0.15) is 12.6 Å². The summed E-state index contributed by atoms with van der Waals surface area (Å²) in [5.41, 5.74) is 0. The van der Waals surface area contributed by atoms with E-state index in [0.29, 0.717) is 0 Å². The van der Waals surface area contributed by atoms with E-state index in [9.17, 15) is 9.59 Å². The Labute approximate surface area is 113 Å². The van der Waals surface area contributed by atoms with Gasteiger partial charge in [-0.05, 0) is 39.0 Å². The van der Waals surface area contributed by atoms with Crippen molar-refractivity contribution in [3.63, 3.8) is 0 Å². The minimum Gasteiger partial charge on any atom is -0.376 e. The molecule has 0 N–H and O–H groups in total. The van der Waals surface area contributed by atoms with Crippen LogP contribution in [0.4, 0.5) is 0 Å². The topological polar surface area (TPSA) is 49.9 Å². The normalized spacial score (nSPS) is 33.5. The van der Waals surface area contributed by atoms with Gasteiger partial charge in [-0.15, -0.1) is 0 Å². The summed E-state index contributed by atoms with van der Waals surface area (Å²) in [6.45, 7) is 3.77. The third-order valence-corrected chi connectivity index (χ3v) is 4.69. The Morgan fingerprint density at radius 1 is 1.21 bits per heavy atom. The van der Waals surface area contributed by atoms with Crippen LogP contribution in [-0.2, 0) is 14.3 Å². The Bertz CT molecular complexity index is 379. The number of piperazine rings is 1. The Hall–Kier alpha value is -1.10. The first-order valence-corrected chi connectivity index (χ1v) is 7.40. The molecule has 5 nitrogen and oxygen atoms in total. The van der Waals surface area contributed by atoms with Gasteiger partial charge in [0.15, 0.2) is 0 Å². The highest BCUT2D eigenvalue weighted by atomic mass is 16.5. The molecule has 0 bridgehead atoms. The number of hydrogen-bond donors (Lipinski definition) is 0. The summed E-state index contributed by atoms with van der Waals surface area (Å²) < 4.78 is 5.67. The van der Waals surface area contributed by atoms with Crippen molar-refractivity contribution in [1.29, 1.82) is 0 Å². The molecule has 0 radical (unpaired) electrons. The van der Waals surface area contributed by atoms with E-state index in [2.05, 4.69) is 0 Å². The van der Waals surface area contributed by atoms with E-state index in [4.69, 9.17) is 4.74 Å². The fraction of sp³-hybridized carbons (Fsp3) is 0.857. The van der Waals surface area contributed by atoms with E-state index < -0.39 is 0 Å². The van der Waals surface area contributed by atoms with Gasteiger partial charge in [0.25, 0.3) is 0 Å². The van der Waals surface area contributed by atoms with Gasteiger partial charge >= 0.3 is 0 Å². The summed E-state index contributed by atoms with van der Waals surface area (Å²) in [6.07, 6.45) is 5.04. The molecule has 3 atom stereocenters. The molecule has 0 aromatic carbocycles. The van der Waals surface area contributed by atoms with Crippen molar-refractivity contribution in [3.05, 3.63) is 0 Å². The molecule has 0 spiro atoms. The minimum atomic E-state index is -0.209. The molecule has 3 unspecified atom stereocenters. The molecule has 3 rings (SSSR count). The molecule has 3 aliphatic rings. The number of amides is 2. The van der Waals surface area contributed by atoms with Gasteiger partial charge < -0.3 is 14.5 Å². The van der Waals surface area contributed by atoms with Crippen LogP contribution in [0.15, 0.2) is 0 Å². The molecule has 0 aliphatic carbocycles. The minimum absolute atomic E-state index is 0.0167. The number of fused-ring (bicyclic) bond motifs is 1. The van der Waals surface area contributed by atoms with Crippen molar-refractivity contribution >= 4 is 11.8 Å². The van der Waals surface area contributed by atoms with E-state index in [0.717, 1.165) is 45.3 Å². The highest BCUT2D eigenvalue weighted by Gasteiger charge is 2.43. The molecule has 0 aromatic heterocycles. The highest BCUT2D eigenvalue weighted by molar-refractivity contribution is 5.95. The molecule has 0 aromatic rings. The number of ether oxygens (including phenoxy) is 1. The molecule has 3 fully saturated rings. The molecule has 0 saturated carbocycles. The molecule has 3 heterocycles. The summed E-state index contributed by atoms with van der Waals surface area (Å²) in [5.74, 6) is 0.233. The number of nitrogens with zero attached hydrogens (tertiary/aromatic N) is 2. The quantitative estimate of drug-likeness (QED) is 0.742. The highest BCUT2D eigenvalue weighted by Crippen LogP contribution is 2.27. The second-order valence-corrected chi connectivity index (χ2v) is 5.86. The summed E-state index contributed by atoms with van der Waals surface area (Å²) in [7, 11) is 0. The summed E-state index contributed by atoms with van der Waals surface area (Å²) in [4.78, 5) is 28.3. The van der Waals surface area contributed by atoms with Crippen molar-refractivity contribution in [1.82, 2.24) is 9.80 Å². The lowest BCUT2D eigenvalue weighted by molar-refractivity contribution is -0.162. The number of piperidine rings is 1. The van der Waals surface area contributed by atoms with Crippen LogP contribution in [0.25, 0.3) is 0 Å². The standard InChI is InChI=1S/C14H22N2O3/c1-10(12-6-4-8-19-12)16-9-13(17)15-7-3-2-5-11(15)14(16)18/h10-12H,2-9H2,1H3. The molecular weight excluding hydrogens is 244 g/mol. The third kappa shape index (κ3) is 2.24. The number of carbonyl (C=O) groups is 2. The second kappa shape index (κ2) is 5.12. The number of carbonyl (C=O) groups excluding carboxylic acids is 2. The first kappa shape index (κ1) is 12.9. The number of rotatable bonds is 2. The third-order valence-electron chi connectivity index (χ3n) is 4.69. The smallest absolute Gasteiger partial charge is 0.246 e. The predicted octanol–water partition coefficient (Wildman–Crippen LogP) is 0.777. The van der Waals surface area contributed by atoms with Gasteiger partial charge in [0, 0.05) is 13.2 Å². The molecule has 19 heavy (non-hydrogen) atoms. The lowest BCUT2D eigenvalue weighted by Crippen LogP contribution is -2.64. The zero-order valence-corrected chi connectivity index (χ0v) is 11.5. The van der Waals surface area contributed by atoms with E-state index in [1.165, 1.54) is 0 Å². The van der Waals surface area contributed by atoms with Crippen molar-refractivity contribution in [2.24, 2.45) is 0 Å². The number of hydrogen-bond acceptors (Lipinski definition) is 3. The Kier molecular flexibility index (Phi) is 3.48. The second-order valence-electron chi connectivity index (χ2n) is 5.86. The van der Waals surface area contributed by atoms with Gasteiger partial charge in [-0.1, -0.05) is 0 Å². The molecular formula is C14H22N2O3. The van der Waals surface area contributed by atoms with Crippen LogP contribution in [0.2, 0.25) is 0 Å². The van der Waals surface area contributed by atoms with Crippen LogP contribution < -0.4 is 0 Å². The fourth-order valence-corrected chi connectivity index (χ4v) is 3.52. The summed E-state index contributed by atoms with van der Waals surface area (Å²) >= 11 is 0. The summed E-state index contributed by atoms with van der Waals surface area (Å²) in [6, 6.07) is -0.193. The molecule has 106 valence electrons. The van der Waals surface area contributed by atoms with E-state index in [1.54, 1.807) is 9.80 Å². The fourth-order valence-electron chi connectivity index (χ4n) is 3.52. The van der Waals surface area contributed by atoms with E-state index >= 15 is 0 Å². The van der Waals surface area contributed by atoms with Crippen molar-refractivity contribution in [2.75, 3.05) is 19.7 Å². The monoisotopic (exact) mass is 266 g/mol. The van der Waals surface area contributed by atoms with E-state index in [1.807, 2.05) is 6.92 Å². The van der Waals surface area contributed by atoms with Gasteiger partial charge in [-0.3, -0.25) is 9.59 Å². The zero-order valence-electron chi connectivity index (χ0n) is 11.5. The van der Waals surface area contributed by atoms with Crippen LogP contribution >= 0.6 is 0 Å². The maximum atomic E-state index is 12.6. The SMILES string of the molecule is CC(C1CCCO1)N1CC(=O)N2CCCCC2C1=O. The van der Waals surface area contributed by atoms with Gasteiger partial charge in [-0.2, -0.15) is 0 Å². The largest absolute Gasteiger partial charge is 0.376 e. The molecule has 5 heteroatoms. The average molecular weight is 266 g/mol. The van der Waals surface area contributed by atoms with Crippen LogP contribution in [0, 0.1) is 0 Å². The maximum Gasteiger partial charge on any atom is 0.246 e. The maximum absolute atomic E-state index is 12.6. The van der Waals surface area contributed by atoms with Crippen molar-refractivity contribution in [2.45, 2.75) is 57.2 Å². The lowest BCUT2D eigenvalue weighted by Gasteiger charge is -2.45. The van der Waals surface area contributed by atoms with Gasteiger partial charge in [0.05, 0.1) is 12.1 Å². The van der Waals surface area contributed by atoms with Crippen LogP contribution in [-0.4, -0.2) is 59.5 Å². The van der Waals surface area contributed by atoms with Crippen LogP contribution in [0.1, 0.15) is 39.0 Å². The first-order chi connectivity index (χ1) is 9.18. The van der Waals surface area contributed by atoms with Gasteiger partial charge in [0.2, 0.25) is 11.8 Å². The summed E-state index contributed by atoms with van der Waals surface area (Å²) in [5, 5.41) is 0. The Balaban J connectivity index is 1.75. The van der Waals surface area contributed by atoms with Crippen molar-refractivity contribution in [3.8, 4) is 0 Å². The Morgan fingerprint density at radius 3 is 2.79 bits per heavy atom. The van der Waals surface area contributed by atoms with Crippen LogP contribution in [0.5, 0.6) is 0 Å². The lowest BCUT2D eigenvalue weighted by atomic mass is 9.96. The van der Waals surface area contributed by atoms with E-state index in [-0.39, 0.29) is 36.5 Å². The molecule has 2 amide bonds. The van der Waals surface area contributed by atoms with Crippen LogP contribution in [0.3, 0.4) is 0 Å². The predicted molar refractivity (Wildman–Crippen MR) is 69.5 cm³/mol. The average Bonchev–Trinajstić information content (AvgIpc) is 2.96. The zero-order chi connectivity index (χ0) is 13.4.